The highest BCUT2D eigenvalue weighted by Crippen LogP contribution is 2.24. The van der Waals surface area contributed by atoms with Crippen molar-refractivity contribution in [1.29, 1.82) is 0 Å². The highest BCUT2D eigenvalue weighted by molar-refractivity contribution is 8.00. The molecule has 0 spiro atoms. The Bertz CT molecular complexity index is 539. The van der Waals surface area contributed by atoms with Crippen LogP contribution in [0, 0.1) is 17.6 Å². The van der Waals surface area contributed by atoms with Gasteiger partial charge in [0.2, 0.25) is 5.91 Å². The lowest BCUT2D eigenvalue weighted by atomic mass is 10.1. The average molecular weight is 326 g/mol. The molecular weight excluding hydrogens is 306 g/mol. The van der Waals surface area contributed by atoms with Crippen molar-refractivity contribution in [3.8, 4) is 0 Å². The normalized spacial score (nSPS) is 17.5. The van der Waals surface area contributed by atoms with Crippen LogP contribution >= 0.6 is 11.8 Å². The molecule has 1 aliphatic heterocycles. The zero-order valence-corrected chi connectivity index (χ0v) is 13.2. The standard InChI is InChI=1S/C16H20F2N2OS/c1-2-7-22-11-16(21)19-9-12-5-6-20(10-12)13-3-4-14(17)15(18)8-13/h2-4,8,12H,1,5-7,9-11H2,(H,19,21). The molecule has 1 fully saturated rings. The van der Waals surface area contributed by atoms with Crippen LogP contribution in [0.25, 0.3) is 0 Å². The van der Waals surface area contributed by atoms with Gasteiger partial charge in [-0.15, -0.1) is 18.3 Å². The Morgan fingerprint density at radius 2 is 2.27 bits per heavy atom. The van der Waals surface area contributed by atoms with Crippen LogP contribution < -0.4 is 10.2 Å². The summed E-state index contributed by atoms with van der Waals surface area (Å²) in [4.78, 5) is 13.7. The first kappa shape index (κ1) is 16.8. The Balaban J connectivity index is 1.76. The number of hydrogen-bond donors (Lipinski definition) is 1. The molecule has 1 heterocycles. The summed E-state index contributed by atoms with van der Waals surface area (Å²) in [6.07, 6.45) is 2.70. The van der Waals surface area contributed by atoms with Gasteiger partial charge in [-0.3, -0.25) is 4.79 Å². The number of thioether (sulfide) groups is 1. The number of hydrogen-bond acceptors (Lipinski definition) is 3. The van der Waals surface area contributed by atoms with Gasteiger partial charge in [-0.25, -0.2) is 8.78 Å². The Morgan fingerprint density at radius 1 is 1.45 bits per heavy atom. The lowest BCUT2D eigenvalue weighted by Gasteiger charge is -2.19. The molecule has 1 saturated heterocycles. The molecule has 0 bridgehead atoms. The van der Waals surface area contributed by atoms with Gasteiger partial charge < -0.3 is 10.2 Å². The van der Waals surface area contributed by atoms with E-state index in [-0.39, 0.29) is 5.91 Å². The highest BCUT2D eigenvalue weighted by Gasteiger charge is 2.23. The van der Waals surface area contributed by atoms with Gasteiger partial charge in [0, 0.05) is 37.1 Å². The number of carbonyl (C=O) groups excluding carboxylic acids is 1. The van der Waals surface area contributed by atoms with Gasteiger partial charge in [-0.05, 0) is 24.5 Å². The number of halogens is 2. The summed E-state index contributed by atoms with van der Waals surface area (Å²) >= 11 is 1.53. The first-order chi connectivity index (χ1) is 10.6. The van der Waals surface area contributed by atoms with Gasteiger partial charge in [0.15, 0.2) is 11.6 Å². The fourth-order valence-electron chi connectivity index (χ4n) is 2.46. The molecule has 1 aliphatic rings. The van der Waals surface area contributed by atoms with Crippen molar-refractivity contribution >= 4 is 23.4 Å². The van der Waals surface area contributed by atoms with Gasteiger partial charge in [-0.2, -0.15) is 0 Å². The van der Waals surface area contributed by atoms with E-state index in [1.165, 1.54) is 17.8 Å². The SMILES string of the molecule is C=CCSCC(=O)NCC1CCN(c2ccc(F)c(F)c2)C1. The fourth-order valence-corrected chi connectivity index (χ4v) is 3.03. The topological polar surface area (TPSA) is 32.3 Å². The number of carbonyl (C=O) groups is 1. The maximum Gasteiger partial charge on any atom is 0.230 e. The zero-order valence-electron chi connectivity index (χ0n) is 12.4. The minimum atomic E-state index is -0.830. The minimum Gasteiger partial charge on any atom is -0.371 e. The Labute approximate surface area is 133 Å². The van der Waals surface area contributed by atoms with Crippen LogP contribution in [0.4, 0.5) is 14.5 Å². The Kier molecular flexibility index (Phi) is 6.24. The smallest absolute Gasteiger partial charge is 0.230 e. The summed E-state index contributed by atoms with van der Waals surface area (Å²) < 4.78 is 26.2. The van der Waals surface area contributed by atoms with Crippen LogP contribution in [0.5, 0.6) is 0 Å². The van der Waals surface area contributed by atoms with E-state index in [0.717, 1.165) is 31.3 Å². The van der Waals surface area contributed by atoms with Crippen molar-refractivity contribution in [3.63, 3.8) is 0 Å². The summed E-state index contributed by atoms with van der Waals surface area (Å²) in [5.74, 6) is -0.0938. The molecule has 3 nitrogen and oxygen atoms in total. The second-order valence-electron chi connectivity index (χ2n) is 5.31. The molecule has 0 saturated carbocycles. The fraction of sp³-hybridized carbons (Fsp3) is 0.438. The maximum atomic E-state index is 13.3. The third-order valence-corrected chi connectivity index (χ3v) is 4.55. The second-order valence-corrected chi connectivity index (χ2v) is 6.34. The molecule has 6 heteroatoms. The molecule has 1 atom stereocenters. The number of nitrogens with one attached hydrogen (secondary N) is 1. The first-order valence-corrected chi connectivity index (χ1v) is 8.41. The molecule has 120 valence electrons. The van der Waals surface area contributed by atoms with Crippen LogP contribution in [0.2, 0.25) is 0 Å². The monoisotopic (exact) mass is 326 g/mol. The van der Waals surface area contributed by atoms with Crippen LogP contribution in [-0.2, 0) is 4.79 Å². The van der Waals surface area contributed by atoms with Crippen molar-refractivity contribution in [1.82, 2.24) is 5.32 Å². The Morgan fingerprint density at radius 3 is 3.00 bits per heavy atom. The van der Waals surface area contributed by atoms with Crippen molar-refractivity contribution in [2.75, 3.05) is 36.0 Å². The quantitative estimate of drug-likeness (QED) is 0.618. The average Bonchev–Trinajstić information content (AvgIpc) is 2.97. The van der Waals surface area contributed by atoms with Crippen molar-refractivity contribution < 1.29 is 13.6 Å². The van der Waals surface area contributed by atoms with E-state index in [1.807, 2.05) is 4.90 Å². The van der Waals surface area contributed by atoms with Crippen LogP contribution in [0.3, 0.4) is 0 Å². The molecule has 2 rings (SSSR count). The predicted octanol–water partition coefficient (Wildman–Crippen LogP) is 2.83. The minimum absolute atomic E-state index is 0.0260. The first-order valence-electron chi connectivity index (χ1n) is 7.25. The zero-order chi connectivity index (χ0) is 15.9. The van der Waals surface area contributed by atoms with E-state index in [9.17, 15) is 13.6 Å². The van der Waals surface area contributed by atoms with Gasteiger partial charge in [0.25, 0.3) is 0 Å². The number of anilines is 1. The second kappa shape index (κ2) is 8.17. The van der Waals surface area contributed by atoms with Gasteiger partial charge in [0.1, 0.15) is 0 Å². The number of amides is 1. The van der Waals surface area contributed by atoms with E-state index in [0.29, 0.717) is 23.9 Å². The summed E-state index contributed by atoms with van der Waals surface area (Å²) in [7, 11) is 0. The van der Waals surface area contributed by atoms with Gasteiger partial charge >= 0.3 is 0 Å². The lowest BCUT2D eigenvalue weighted by Crippen LogP contribution is -2.32. The predicted molar refractivity (Wildman–Crippen MR) is 87.2 cm³/mol. The van der Waals surface area contributed by atoms with Gasteiger partial charge in [0.05, 0.1) is 5.75 Å². The molecule has 1 unspecified atom stereocenters. The van der Waals surface area contributed by atoms with Crippen LogP contribution in [0.15, 0.2) is 30.9 Å². The summed E-state index contributed by atoms with van der Waals surface area (Å²) in [5, 5.41) is 2.92. The third kappa shape index (κ3) is 4.73. The van der Waals surface area contributed by atoms with E-state index in [4.69, 9.17) is 0 Å². The third-order valence-electron chi connectivity index (χ3n) is 3.61. The molecule has 1 aromatic carbocycles. The van der Waals surface area contributed by atoms with E-state index in [1.54, 1.807) is 12.1 Å². The number of benzene rings is 1. The number of nitrogens with zero attached hydrogens (tertiary/aromatic N) is 1. The lowest BCUT2D eigenvalue weighted by molar-refractivity contribution is -0.118. The van der Waals surface area contributed by atoms with Crippen LogP contribution in [0.1, 0.15) is 6.42 Å². The molecular formula is C16H20F2N2OS. The largest absolute Gasteiger partial charge is 0.371 e. The highest BCUT2D eigenvalue weighted by atomic mass is 32.2. The van der Waals surface area contributed by atoms with Crippen molar-refractivity contribution in [2.24, 2.45) is 5.92 Å². The molecule has 0 radical (unpaired) electrons. The number of rotatable bonds is 7. The maximum absolute atomic E-state index is 13.3. The van der Waals surface area contributed by atoms with Crippen LogP contribution in [-0.4, -0.2) is 37.0 Å². The summed E-state index contributed by atoms with van der Waals surface area (Å²) in [6, 6.07) is 3.96. The Hall–Kier alpha value is -1.56. The molecule has 1 amide bonds. The van der Waals surface area contributed by atoms with E-state index < -0.39 is 11.6 Å². The summed E-state index contributed by atoms with van der Waals surface area (Å²) in [6.45, 7) is 5.76. The molecule has 1 N–H and O–H groups in total. The van der Waals surface area contributed by atoms with Crippen molar-refractivity contribution in [3.05, 3.63) is 42.5 Å². The van der Waals surface area contributed by atoms with E-state index >= 15 is 0 Å². The van der Waals surface area contributed by atoms with Gasteiger partial charge in [-0.1, -0.05) is 6.08 Å². The van der Waals surface area contributed by atoms with Crippen molar-refractivity contribution in [2.45, 2.75) is 6.42 Å². The van der Waals surface area contributed by atoms with E-state index in [2.05, 4.69) is 11.9 Å². The molecule has 1 aromatic rings. The molecule has 0 aromatic heterocycles. The molecule has 22 heavy (non-hydrogen) atoms. The summed E-state index contributed by atoms with van der Waals surface area (Å²) in [5.41, 5.74) is 0.689. The molecule has 0 aliphatic carbocycles.